The largest absolute Gasteiger partial charge is 0.399 e. The zero-order valence-electron chi connectivity index (χ0n) is 10.2. The van der Waals surface area contributed by atoms with E-state index in [2.05, 4.69) is 21.2 Å². The van der Waals surface area contributed by atoms with E-state index in [0.717, 1.165) is 10.0 Å². The summed E-state index contributed by atoms with van der Waals surface area (Å²) >= 11 is 3.37. The highest BCUT2D eigenvalue weighted by molar-refractivity contribution is 9.10. The van der Waals surface area contributed by atoms with Crippen molar-refractivity contribution in [3.05, 3.63) is 57.8 Å². The topological polar surface area (TPSA) is 55.1 Å². The summed E-state index contributed by atoms with van der Waals surface area (Å²) in [6, 6.07) is 9.26. The van der Waals surface area contributed by atoms with E-state index in [1.807, 2.05) is 13.0 Å². The van der Waals surface area contributed by atoms with Gasteiger partial charge in [0.15, 0.2) is 0 Å². The summed E-state index contributed by atoms with van der Waals surface area (Å²) in [6.07, 6.45) is 0. The molecule has 0 spiro atoms. The lowest BCUT2D eigenvalue weighted by Crippen LogP contribution is -2.14. The van der Waals surface area contributed by atoms with Gasteiger partial charge in [0.05, 0.1) is 5.56 Å². The second kappa shape index (κ2) is 5.40. The smallest absolute Gasteiger partial charge is 0.258 e. The molecular weight excluding hydrogens is 311 g/mol. The maximum atomic E-state index is 13.5. The normalized spacial score (nSPS) is 10.3. The maximum Gasteiger partial charge on any atom is 0.258 e. The number of nitrogens with two attached hydrogens (primary N) is 1. The van der Waals surface area contributed by atoms with E-state index in [9.17, 15) is 9.18 Å². The molecule has 2 rings (SSSR count). The van der Waals surface area contributed by atoms with Gasteiger partial charge < -0.3 is 11.1 Å². The van der Waals surface area contributed by atoms with Gasteiger partial charge in [-0.25, -0.2) is 4.39 Å². The molecule has 0 aromatic heterocycles. The number of nitrogens with one attached hydrogen (secondary N) is 1. The van der Waals surface area contributed by atoms with E-state index in [1.165, 1.54) is 18.2 Å². The highest BCUT2D eigenvalue weighted by Gasteiger charge is 2.12. The molecule has 98 valence electrons. The van der Waals surface area contributed by atoms with Crippen molar-refractivity contribution in [1.29, 1.82) is 0 Å². The molecule has 3 N–H and O–H groups in total. The van der Waals surface area contributed by atoms with Crippen molar-refractivity contribution in [2.24, 2.45) is 0 Å². The maximum absolute atomic E-state index is 13.5. The van der Waals surface area contributed by atoms with Crippen LogP contribution in [0.2, 0.25) is 0 Å². The molecule has 0 saturated carbocycles. The lowest BCUT2D eigenvalue weighted by Gasteiger charge is -2.08. The Bertz CT molecular complexity index is 643. The predicted molar refractivity (Wildman–Crippen MR) is 77.6 cm³/mol. The van der Waals surface area contributed by atoms with Crippen LogP contribution >= 0.6 is 15.9 Å². The van der Waals surface area contributed by atoms with E-state index in [4.69, 9.17) is 5.73 Å². The molecule has 0 fully saturated rings. The Morgan fingerprint density at radius 3 is 2.68 bits per heavy atom. The Hall–Kier alpha value is -1.88. The second-order valence-electron chi connectivity index (χ2n) is 4.16. The van der Waals surface area contributed by atoms with Crippen molar-refractivity contribution in [3.8, 4) is 0 Å². The molecule has 0 aliphatic heterocycles. The van der Waals surface area contributed by atoms with Crippen LogP contribution in [0.1, 0.15) is 15.9 Å². The van der Waals surface area contributed by atoms with Gasteiger partial charge >= 0.3 is 0 Å². The fourth-order valence-corrected chi connectivity index (χ4v) is 1.88. The molecule has 0 heterocycles. The minimum Gasteiger partial charge on any atom is -0.399 e. The average molecular weight is 323 g/mol. The Morgan fingerprint density at radius 1 is 1.26 bits per heavy atom. The van der Waals surface area contributed by atoms with Crippen LogP contribution in [0.4, 0.5) is 15.8 Å². The summed E-state index contributed by atoms with van der Waals surface area (Å²) in [4.78, 5) is 12.0. The molecule has 2 aromatic carbocycles. The van der Waals surface area contributed by atoms with Gasteiger partial charge in [-0.2, -0.15) is 0 Å². The van der Waals surface area contributed by atoms with Crippen LogP contribution in [-0.4, -0.2) is 5.91 Å². The van der Waals surface area contributed by atoms with Crippen LogP contribution in [0.3, 0.4) is 0 Å². The van der Waals surface area contributed by atoms with Crippen molar-refractivity contribution in [2.45, 2.75) is 6.92 Å². The van der Waals surface area contributed by atoms with Crippen molar-refractivity contribution in [1.82, 2.24) is 0 Å². The Morgan fingerprint density at radius 2 is 2.00 bits per heavy atom. The minimum absolute atomic E-state index is 0.0689. The zero-order chi connectivity index (χ0) is 14.0. The van der Waals surface area contributed by atoms with Crippen LogP contribution in [0.25, 0.3) is 0 Å². The van der Waals surface area contributed by atoms with Gasteiger partial charge in [0.25, 0.3) is 5.91 Å². The summed E-state index contributed by atoms with van der Waals surface area (Å²) in [5.41, 5.74) is 7.41. The molecule has 19 heavy (non-hydrogen) atoms. The van der Waals surface area contributed by atoms with Crippen LogP contribution in [-0.2, 0) is 0 Å². The molecule has 0 bridgehead atoms. The summed E-state index contributed by atoms with van der Waals surface area (Å²) in [5, 5.41) is 2.64. The fraction of sp³-hybridized carbons (Fsp3) is 0.0714. The van der Waals surface area contributed by atoms with Gasteiger partial charge in [-0.1, -0.05) is 15.9 Å². The number of amides is 1. The first-order valence-corrected chi connectivity index (χ1v) is 6.39. The van der Waals surface area contributed by atoms with Crippen LogP contribution < -0.4 is 11.1 Å². The number of rotatable bonds is 2. The van der Waals surface area contributed by atoms with Crippen LogP contribution in [0.15, 0.2) is 40.9 Å². The second-order valence-corrected chi connectivity index (χ2v) is 5.01. The highest BCUT2D eigenvalue weighted by Crippen LogP contribution is 2.21. The van der Waals surface area contributed by atoms with Crippen molar-refractivity contribution < 1.29 is 9.18 Å². The minimum atomic E-state index is -0.597. The Balaban J connectivity index is 2.25. The number of benzene rings is 2. The average Bonchev–Trinajstić information content (AvgIpc) is 2.36. The summed E-state index contributed by atoms with van der Waals surface area (Å²) in [5.74, 6) is -1.12. The molecule has 1 amide bonds. The number of anilines is 2. The number of aryl methyl sites for hydroxylation is 1. The fourth-order valence-electron chi connectivity index (χ4n) is 1.64. The van der Waals surface area contributed by atoms with Gasteiger partial charge in [-0.3, -0.25) is 4.79 Å². The molecule has 0 atom stereocenters. The molecule has 0 aliphatic carbocycles. The number of hydrogen-bond donors (Lipinski definition) is 2. The third kappa shape index (κ3) is 3.12. The molecule has 0 aliphatic rings. The highest BCUT2D eigenvalue weighted by atomic mass is 79.9. The van der Waals surface area contributed by atoms with Gasteiger partial charge in [-0.05, 0) is 48.9 Å². The van der Waals surface area contributed by atoms with E-state index in [-0.39, 0.29) is 5.56 Å². The standard InChI is InChI=1S/C14H12BrFN2O/c1-8-6-10(3-4-12(8)15)18-14(19)11-7-9(17)2-5-13(11)16/h2-7H,17H2,1H3,(H,18,19). The monoisotopic (exact) mass is 322 g/mol. The molecule has 3 nitrogen and oxygen atoms in total. The predicted octanol–water partition coefficient (Wildman–Crippen LogP) is 3.73. The number of nitrogen functional groups attached to an aromatic ring is 1. The molecule has 5 heteroatoms. The third-order valence-electron chi connectivity index (χ3n) is 2.65. The summed E-state index contributed by atoms with van der Waals surface area (Å²) in [7, 11) is 0. The lowest BCUT2D eigenvalue weighted by molar-refractivity contribution is 0.102. The Labute approximate surface area is 118 Å². The number of hydrogen-bond acceptors (Lipinski definition) is 2. The number of halogens is 2. The van der Waals surface area contributed by atoms with Crippen molar-refractivity contribution in [2.75, 3.05) is 11.1 Å². The number of carbonyl (C=O) groups excluding carboxylic acids is 1. The molecule has 0 radical (unpaired) electrons. The van der Waals surface area contributed by atoms with Gasteiger partial charge in [0.1, 0.15) is 5.82 Å². The van der Waals surface area contributed by atoms with E-state index in [0.29, 0.717) is 11.4 Å². The molecule has 0 unspecified atom stereocenters. The molecule has 2 aromatic rings. The summed E-state index contributed by atoms with van der Waals surface area (Å²) in [6.45, 7) is 1.90. The third-order valence-corrected chi connectivity index (χ3v) is 3.54. The first-order chi connectivity index (χ1) is 8.97. The van der Waals surface area contributed by atoms with Crippen molar-refractivity contribution >= 4 is 33.2 Å². The van der Waals surface area contributed by atoms with Gasteiger partial charge in [0, 0.05) is 15.8 Å². The molecule has 0 saturated heterocycles. The first-order valence-electron chi connectivity index (χ1n) is 5.60. The van der Waals surface area contributed by atoms with Crippen molar-refractivity contribution in [3.63, 3.8) is 0 Å². The SMILES string of the molecule is Cc1cc(NC(=O)c2cc(N)ccc2F)ccc1Br. The van der Waals surface area contributed by atoms with Crippen LogP contribution in [0.5, 0.6) is 0 Å². The van der Waals surface area contributed by atoms with E-state index in [1.54, 1.807) is 12.1 Å². The van der Waals surface area contributed by atoms with Crippen LogP contribution in [0, 0.1) is 12.7 Å². The van der Waals surface area contributed by atoms with Gasteiger partial charge in [-0.15, -0.1) is 0 Å². The van der Waals surface area contributed by atoms with E-state index >= 15 is 0 Å². The van der Waals surface area contributed by atoms with Gasteiger partial charge in [0.2, 0.25) is 0 Å². The molecular formula is C14H12BrFN2O. The lowest BCUT2D eigenvalue weighted by atomic mass is 10.1. The Kier molecular flexibility index (Phi) is 3.85. The van der Waals surface area contributed by atoms with E-state index < -0.39 is 11.7 Å². The summed E-state index contributed by atoms with van der Waals surface area (Å²) < 4.78 is 14.5. The quantitative estimate of drug-likeness (QED) is 0.828. The number of carbonyl (C=O) groups is 1. The zero-order valence-corrected chi connectivity index (χ0v) is 11.8. The first kappa shape index (κ1) is 13.5.